The molecule has 0 aliphatic heterocycles. The molecule has 0 fully saturated rings. The van der Waals surface area contributed by atoms with Crippen LogP contribution in [0.3, 0.4) is 0 Å². The number of benzene rings is 2. The third-order valence-corrected chi connectivity index (χ3v) is 4.97. The third-order valence-electron chi connectivity index (χ3n) is 4.20. The summed E-state index contributed by atoms with van der Waals surface area (Å²) in [5.41, 5.74) is 2.70. The number of fused-ring (bicyclic) bond motifs is 1. The van der Waals surface area contributed by atoms with Crippen molar-refractivity contribution in [2.24, 2.45) is 0 Å². The fraction of sp³-hybridized carbons (Fsp3) is 0.0952. The predicted molar refractivity (Wildman–Crippen MR) is 106 cm³/mol. The monoisotopic (exact) mass is 388 g/mol. The predicted octanol–water partition coefficient (Wildman–Crippen LogP) is 3.78. The molecule has 2 heterocycles. The van der Waals surface area contributed by atoms with E-state index in [1.165, 1.54) is 0 Å². The van der Waals surface area contributed by atoms with Gasteiger partial charge in [0.05, 0.1) is 23.9 Å². The van der Waals surface area contributed by atoms with Crippen molar-refractivity contribution in [3.8, 4) is 11.8 Å². The Kier molecular flexibility index (Phi) is 5.04. The van der Waals surface area contributed by atoms with E-state index < -0.39 is 0 Å². The fourth-order valence-corrected chi connectivity index (χ4v) is 3.50. The van der Waals surface area contributed by atoms with Crippen LogP contribution in [-0.4, -0.2) is 15.3 Å². The summed E-state index contributed by atoms with van der Waals surface area (Å²) >= 11 is 1.55. The third kappa shape index (κ3) is 3.87. The van der Waals surface area contributed by atoms with E-state index in [-0.39, 0.29) is 12.5 Å². The number of carbonyl (C=O) groups is 1. The second-order valence-electron chi connectivity index (χ2n) is 6.09. The molecular weight excluding hydrogens is 372 g/mol. The van der Waals surface area contributed by atoms with E-state index in [9.17, 15) is 4.79 Å². The highest BCUT2D eigenvalue weighted by molar-refractivity contribution is 7.15. The summed E-state index contributed by atoms with van der Waals surface area (Å²) in [4.78, 5) is 17.8. The largest absolute Gasteiger partial charge is 0.489 e. The van der Waals surface area contributed by atoms with E-state index in [0.717, 1.165) is 16.2 Å². The van der Waals surface area contributed by atoms with Gasteiger partial charge in [-0.3, -0.25) is 9.20 Å². The van der Waals surface area contributed by atoms with Gasteiger partial charge >= 0.3 is 0 Å². The summed E-state index contributed by atoms with van der Waals surface area (Å²) < 4.78 is 7.70. The SMILES string of the molecule is N#Cc1ccccc1COc1cccc(C(=O)NCc2cn3ccsc3n2)c1. The van der Waals surface area contributed by atoms with Crippen molar-refractivity contribution in [1.29, 1.82) is 5.26 Å². The van der Waals surface area contributed by atoms with Crippen LogP contribution in [0, 0.1) is 11.3 Å². The van der Waals surface area contributed by atoms with Crippen molar-refractivity contribution in [3.63, 3.8) is 0 Å². The van der Waals surface area contributed by atoms with Crippen LogP contribution in [0.5, 0.6) is 5.75 Å². The van der Waals surface area contributed by atoms with Gasteiger partial charge in [0, 0.05) is 28.9 Å². The van der Waals surface area contributed by atoms with E-state index in [2.05, 4.69) is 16.4 Å². The second kappa shape index (κ2) is 7.94. The van der Waals surface area contributed by atoms with Gasteiger partial charge in [0.1, 0.15) is 12.4 Å². The molecule has 4 aromatic rings. The first-order valence-corrected chi connectivity index (χ1v) is 9.51. The van der Waals surface area contributed by atoms with Gasteiger partial charge in [0.25, 0.3) is 5.91 Å². The molecule has 0 spiro atoms. The molecule has 0 radical (unpaired) electrons. The molecule has 138 valence electrons. The highest BCUT2D eigenvalue weighted by Gasteiger charge is 2.09. The standard InChI is InChI=1S/C21H16N4O2S/c22-11-16-4-1-2-5-17(16)14-27-19-7-3-6-15(10-19)20(26)23-12-18-13-25-8-9-28-21(25)24-18/h1-10,13H,12,14H2,(H,23,26). The Morgan fingerprint density at radius 3 is 3.00 bits per heavy atom. The minimum Gasteiger partial charge on any atom is -0.489 e. The first-order chi connectivity index (χ1) is 13.7. The first kappa shape index (κ1) is 17.8. The molecule has 0 saturated heterocycles. The second-order valence-corrected chi connectivity index (χ2v) is 6.97. The first-order valence-electron chi connectivity index (χ1n) is 8.63. The molecule has 1 amide bonds. The van der Waals surface area contributed by atoms with Crippen molar-refractivity contribution in [3.05, 3.63) is 88.7 Å². The number of rotatable bonds is 6. The lowest BCUT2D eigenvalue weighted by Crippen LogP contribution is -2.22. The molecule has 6 nitrogen and oxygen atoms in total. The molecule has 1 N–H and O–H groups in total. The van der Waals surface area contributed by atoms with E-state index in [4.69, 9.17) is 10.00 Å². The highest BCUT2D eigenvalue weighted by Crippen LogP contribution is 2.17. The molecule has 0 saturated carbocycles. The van der Waals surface area contributed by atoms with E-state index in [0.29, 0.717) is 23.4 Å². The lowest BCUT2D eigenvalue weighted by molar-refractivity contribution is 0.0950. The minimum atomic E-state index is -0.195. The number of ether oxygens (including phenoxy) is 1. The summed E-state index contributed by atoms with van der Waals surface area (Å²) in [7, 11) is 0. The van der Waals surface area contributed by atoms with Gasteiger partial charge < -0.3 is 10.1 Å². The molecule has 0 bridgehead atoms. The van der Waals surface area contributed by atoms with Crippen LogP contribution < -0.4 is 10.1 Å². The number of hydrogen-bond acceptors (Lipinski definition) is 5. The van der Waals surface area contributed by atoms with Crippen LogP contribution in [0.2, 0.25) is 0 Å². The zero-order valence-electron chi connectivity index (χ0n) is 14.8. The number of hydrogen-bond donors (Lipinski definition) is 1. The summed E-state index contributed by atoms with van der Waals surface area (Å²) in [6.07, 6.45) is 3.84. The van der Waals surface area contributed by atoms with Crippen molar-refractivity contribution < 1.29 is 9.53 Å². The number of thiazole rings is 1. The molecule has 4 rings (SSSR count). The molecule has 28 heavy (non-hydrogen) atoms. The lowest BCUT2D eigenvalue weighted by atomic mass is 10.1. The van der Waals surface area contributed by atoms with Crippen LogP contribution in [0.15, 0.2) is 66.3 Å². The van der Waals surface area contributed by atoms with Crippen LogP contribution in [0.1, 0.15) is 27.2 Å². The zero-order valence-corrected chi connectivity index (χ0v) is 15.6. The number of nitrogens with one attached hydrogen (secondary N) is 1. The van der Waals surface area contributed by atoms with Gasteiger partial charge in [-0.2, -0.15) is 5.26 Å². The molecular formula is C21H16N4O2S. The maximum Gasteiger partial charge on any atom is 0.251 e. The Morgan fingerprint density at radius 2 is 2.14 bits per heavy atom. The van der Waals surface area contributed by atoms with Crippen molar-refractivity contribution in [2.75, 3.05) is 0 Å². The van der Waals surface area contributed by atoms with E-state index >= 15 is 0 Å². The van der Waals surface area contributed by atoms with Crippen LogP contribution in [0.4, 0.5) is 0 Å². The molecule has 7 heteroatoms. The maximum atomic E-state index is 12.5. The number of nitrogens with zero attached hydrogens (tertiary/aromatic N) is 3. The normalized spacial score (nSPS) is 10.5. The Morgan fingerprint density at radius 1 is 1.25 bits per heavy atom. The highest BCUT2D eigenvalue weighted by atomic mass is 32.1. The van der Waals surface area contributed by atoms with Gasteiger partial charge in [0.2, 0.25) is 0 Å². The Hall–Kier alpha value is -3.63. The van der Waals surface area contributed by atoms with Gasteiger partial charge in [-0.1, -0.05) is 24.3 Å². The van der Waals surface area contributed by atoms with Crippen molar-refractivity contribution >= 4 is 22.2 Å². The average Bonchev–Trinajstić information content (AvgIpc) is 3.33. The average molecular weight is 388 g/mol. The van der Waals surface area contributed by atoms with Crippen molar-refractivity contribution in [2.45, 2.75) is 13.2 Å². The quantitative estimate of drug-likeness (QED) is 0.545. The van der Waals surface area contributed by atoms with E-state index in [1.54, 1.807) is 41.7 Å². The Labute approximate surface area is 165 Å². The number of amides is 1. The fourth-order valence-electron chi connectivity index (χ4n) is 2.78. The molecule has 2 aromatic carbocycles. The number of aromatic nitrogens is 2. The summed E-state index contributed by atoms with van der Waals surface area (Å²) in [5.74, 6) is 0.377. The smallest absolute Gasteiger partial charge is 0.251 e. The Bertz CT molecular complexity index is 1140. The number of imidazole rings is 1. The minimum absolute atomic E-state index is 0.195. The summed E-state index contributed by atoms with van der Waals surface area (Å²) in [6.45, 7) is 0.619. The lowest BCUT2D eigenvalue weighted by Gasteiger charge is -2.09. The van der Waals surface area contributed by atoms with Crippen LogP contribution in [0.25, 0.3) is 4.96 Å². The van der Waals surface area contributed by atoms with Gasteiger partial charge in [-0.05, 0) is 24.3 Å². The van der Waals surface area contributed by atoms with Crippen LogP contribution in [-0.2, 0) is 13.2 Å². The molecule has 0 atom stereocenters. The van der Waals surface area contributed by atoms with Gasteiger partial charge in [-0.15, -0.1) is 11.3 Å². The zero-order chi connectivity index (χ0) is 19.3. The molecule has 0 aliphatic carbocycles. The molecule has 2 aromatic heterocycles. The summed E-state index contributed by atoms with van der Waals surface area (Å²) in [5, 5.41) is 14.0. The van der Waals surface area contributed by atoms with Gasteiger partial charge in [-0.25, -0.2) is 4.98 Å². The topological polar surface area (TPSA) is 79.4 Å². The number of carbonyl (C=O) groups excluding carboxylic acids is 1. The van der Waals surface area contributed by atoms with Crippen molar-refractivity contribution in [1.82, 2.24) is 14.7 Å². The van der Waals surface area contributed by atoms with E-state index in [1.807, 2.05) is 40.4 Å². The van der Waals surface area contributed by atoms with Crippen LogP contribution >= 0.6 is 11.3 Å². The summed E-state index contributed by atoms with van der Waals surface area (Å²) in [6, 6.07) is 16.4. The number of nitriles is 1. The van der Waals surface area contributed by atoms with Gasteiger partial charge in [0.15, 0.2) is 4.96 Å². The molecule has 0 unspecified atom stereocenters. The Balaban J connectivity index is 1.39. The molecule has 0 aliphatic rings. The maximum absolute atomic E-state index is 12.5.